The molecule has 3 heterocycles. The highest BCUT2D eigenvalue weighted by atomic mass is 16.5. The van der Waals surface area contributed by atoms with E-state index in [9.17, 15) is 4.79 Å². The van der Waals surface area contributed by atoms with Crippen LogP contribution in [0.4, 0.5) is 0 Å². The van der Waals surface area contributed by atoms with E-state index in [-0.39, 0.29) is 12.0 Å². The van der Waals surface area contributed by atoms with Crippen LogP contribution in [0.3, 0.4) is 0 Å². The smallest absolute Gasteiger partial charge is 0.223 e. The molecule has 1 saturated heterocycles. The third kappa shape index (κ3) is 4.46. The second-order valence-electron chi connectivity index (χ2n) is 6.97. The predicted octanol–water partition coefficient (Wildman–Crippen LogP) is 3.01. The fraction of sp³-hybridized carbons (Fsp3) is 0.318. The number of rotatable bonds is 6. The molecule has 0 aliphatic carbocycles. The van der Waals surface area contributed by atoms with Gasteiger partial charge in [-0.05, 0) is 24.1 Å². The summed E-state index contributed by atoms with van der Waals surface area (Å²) in [5.74, 6) is 0.946. The monoisotopic (exact) mass is 392 g/mol. The van der Waals surface area contributed by atoms with Gasteiger partial charge in [0.25, 0.3) is 0 Å². The lowest BCUT2D eigenvalue weighted by Crippen LogP contribution is -2.42. The zero-order chi connectivity index (χ0) is 20.1. The number of pyridine rings is 1. The molecular weight excluding hydrogens is 368 g/mol. The molecule has 4 rings (SSSR count). The summed E-state index contributed by atoms with van der Waals surface area (Å²) in [4.78, 5) is 19.2. The number of ether oxygens (including phenoxy) is 2. The molecule has 0 spiro atoms. The lowest BCUT2D eigenvalue weighted by molar-refractivity contribution is -0.139. The van der Waals surface area contributed by atoms with Gasteiger partial charge in [0.2, 0.25) is 5.91 Å². The Bertz CT molecular complexity index is 941. The van der Waals surface area contributed by atoms with Gasteiger partial charge in [-0.25, -0.2) is 0 Å². The van der Waals surface area contributed by atoms with Crippen molar-refractivity contribution in [3.8, 4) is 16.9 Å². The van der Waals surface area contributed by atoms with Crippen molar-refractivity contribution >= 4 is 5.91 Å². The van der Waals surface area contributed by atoms with E-state index in [2.05, 4.69) is 15.2 Å². The van der Waals surface area contributed by atoms with Crippen LogP contribution in [0.25, 0.3) is 11.1 Å². The number of hydrogen-bond acceptors (Lipinski definition) is 5. The minimum Gasteiger partial charge on any atom is -0.496 e. The first-order chi connectivity index (χ1) is 14.2. The van der Waals surface area contributed by atoms with E-state index >= 15 is 0 Å². The van der Waals surface area contributed by atoms with E-state index in [0.29, 0.717) is 32.5 Å². The van der Waals surface area contributed by atoms with Crippen LogP contribution in [0, 0.1) is 0 Å². The van der Waals surface area contributed by atoms with Crippen LogP contribution >= 0.6 is 0 Å². The zero-order valence-corrected chi connectivity index (χ0v) is 16.4. The number of benzene rings is 1. The molecule has 1 fully saturated rings. The SMILES string of the molecule is COc1ccccc1CCC(=O)N1CCO[C@@H](c2ccc(-c3cn[nH]c3)cn2)C1. The number of morpholine rings is 1. The summed E-state index contributed by atoms with van der Waals surface area (Å²) in [6.07, 6.45) is 6.29. The Morgan fingerprint density at radius 2 is 2.14 bits per heavy atom. The Morgan fingerprint density at radius 3 is 2.90 bits per heavy atom. The molecule has 7 heteroatoms. The molecule has 3 aromatic rings. The van der Waals surface area contributed by atoms with E-state index < -0.39 is 0 Å². The maximum atomic E-state index is 12.8. The first kappa shape index (κ1) is 19.1. The lowest BCUT2D eigenvalue weighted by atomic mass is 10.1. The number of carbonyl (C=O) groups is 1. The molecule has 1 N–H and O–H groups in total. The number of nitrogens with one attached hydrogen (secondary N) is 1. The largest absolute Gasteiger partial charge is 0.496 e. The van der Waals surface area contributed by atoms with E-state index in [0.717, 1.165) is 28.1 Å². The number of methoxy groups -OCH3 is 1. The molecule has 2 aromatic heterocycles. The Labute approximate surface area is 169 Å². The van der Waals surface area contributed by atoms with Crippen molar-refractivity contribution in [2.45, 2.75) is 18.9 Å². The number of H-pyrrole nitrogens is 1. The number of aryl methyl sites for hydroxylation is 1. The number of para-hydroxylation sites is 1. The molecule has 29 heavy (non-hydrogen) atoms. The molecule has 1 aliphatic rings. The van der Waals surface area contributed by atoms with Crippen LogP contribution in [-0.2, 0) is 16.0 Å². The van der Waals surface area contributed by atoms with Crippen LogP contribution in [0.5, 0.6) is 5.75 Å². The van der Waals surface area contributed by atoms with Crippen molar-refractivity contribution in [1.29, 1.82) is 0 Å². The van der Waals surface area contributed by atoms with Crippen molar-refractivity contribution in [3.63, 3.8) is 0 Å². The van der Waals surface area contributed by atoms with Gasteiger partial charge in [0, 0.05) is 36.5 Å². The van der Waals surface area contributed by atoms with Crippen molar-refractivity contribution < 1.29 is 14.3 Å². The van der Waals surface area contributed by atoms with Gasteiger partial charge in [-0.2, -0.15) is 5.10 Å². The molecule has 150 valence electrons. The fourth-order valence-electron chi connectivity index (χ4n) is 3.54. The standard InChI is InChI=1S/C22H24N4O3/c1-28-20-5-3-2-4-16(20)7-9-22(27)26-10-11-29-21(15-26)19-8-6-17(12-23-19)18-13-24-25-14-18/h2-6,8,12-14,21H,7,9-11,15H2,1H3,(H,24,25)/t21-/m1/s1. The summed E-state index contributed by atoms with van der Waals surface area (Å²) >= 11 is 0. The zero-order valence-electron chi connectivity index (χ0n) is 16.4. The van der Waals surface area contributed by atoms with E-state index in [1.807, 2.05) is 53.7 Å². The molecule has 1 aromatic carbocycles. The summed E-state index contributed by atoms with van der Waals surface area (Å²) < 4.78 is 11.3. The van der Waals surface area contributed by atoms with Crippen LogP contribution in [0.15, 0.2) is 55.0 Å². The van der Waals surface area contributed by atoms with Crippen molar-refractivity contribution in [2.24, 2.45) is 0 Å². The maximum Gasteiger partial charge on any atom is 0.223 e. The highest BCUT2D eigenvalue weighted by molar-refractivity contribution is 5.76. The van der Waals surface area contributed by atoms with Gasteiger partial charge in [0.1, 0.15) is 11.9 Å². The number of hydrogen-bond donors (Lipinski definition) is 1. The van der Waals surface area contributed by atoms with Crippen LogP contribution in [-0.4, -0.2) is 52.8 Å². The molecule has 7 nitrogen and oxygen atoms in total. The van der Waals surface area contributed by atoms with Gasteiger partial charge >= 0.3 is 0 Å². The normalized spacial score (nSPS) is 16.6. The second-order valence-corrected chi connectivity index (χ2v) is 6.97. The van der Waals surface area contributed by atoms with Crippen molar-refractivity contribution in [3.05, 3.63) is 66.2 Å². The summed E-state index contributed by atoms with van der Waals surface area (Å²) in [6.45, 7) is 1.63. The predicted molar refractivity (Wildman–Crippen MR) is 108 cm³/mol. The highest BCUT2D eigenvalue weighted by Gasteiger charge is 2.26. The first-order valence-electron chi connectivity index (χ1n) is 9.71. The number of aromatic amines is 1. The summed E-state index contributed by atoms with van der Waals surface area (Å²) in [5.41, 5.74) is 3.86. The average molecular weight is 392 g/mol. The fourth-order valence-corrected chi connectivity index (χ4v) is 3.54. The molecule has 1 amide bonds. The molecule has 0 unspecified atom stereocenters. The Kier molecular flexibility index (Phi) is 5.86. The third-order valence-electron chi connectivity index (χ3n) is 5.17. The van der Waals surface area contributed by atoms with Gasteiger partial charge < -0.3 is 14.4 Å². The Morgan fingerprint density at radius 1 is 1.24 bits per heavy atom. The van der Waals surface area contributed by atoms with Gasteiger partial charge in [-0.1, -0.05) is 24.3 Å². The number of nitrogens with zero attached hydrogens (tertiary/aromatic N) is 3. The number of carbonyl (C=O) groups excluding carboxylic acids is 1. The first-order valence-corrected chi connectivity index (χ1v) is 9.71. The quantitative estimate of drug-likeness (QED) is 0.698. The van der Waals surface area contributed by atoms with E-state index in [1.165, 1.54) is 0 Å². The minimum absolute atomic E-state index is 0.124. The molecular formula is C22H24N4O3. The lowest BCUT2D eigenvalue weighted by Gasteiger charge is -2.33. The van der Waals surface area contributed by atoms with E-state index in [1.54, 1.807) is 13.3 Å². The molecule has 0 bridgehead atoms. The number of amides is 1. The maximum absolute atomic E-state index is 12.8. The van der Waals surface area contributed by atoms with Crippen LogP contribution < -0.4 is 4.74 Å². The number of aromatic nitrogens is 3. The average Bonchev–Trinajstić information content (AvgIpc) is 3.33. The van der Waals surface area contributed by atoms with Gasteiger partial charge in [-0.3, -0.25) is 14.9 Å². The van der Waals surface area contributed by atoms with Gasteiger partial charge in [-0.15, -0.1) is 0 Å². The highest BCUT2D eigenvalue weighted by Crippen LogP contribution is 2.25. The van der Waals surface area contributed by atoms with Gasteiger partial charge in [0.15, 0.2) is 0 Å². The van der Waals surface area contributed by atoms with Crippen LogP contribution in [0.1, 0.15) is 23.8 Å². The van der Waals surface area contributed by atoms with Crippen molar-refractivity contribution in [2.75, 3.05) is 26.8 Å². The van der Waals surface area contributed by atoms with E-state index in [4.69, 9.17) is 9.47 Å². The molecule has 0 radical (unpaired) electrons. The summed E-state index contributed by atoms with van der Waals surface area (Å²) in [7, 11) is 1.65. The van der Waals surface area contributed by atoms with Crippen molar-refractivity contribution in [1.82, 2.24) is 20.1 Å². The topological polar surface area (TPSA) is 80.3 Å². The second kappa shape index (κ2) is 8.87. The summed E-state index contributed by atoms with van der Waals surface area (Å²) in [5, 5.41) is 6.76. The Hall–Kier alpha value is -3.19. The van der Waals surface area contributed by atoms with Crippen LogP contribution in [0.2, 0.25) is 0 Å². The van der Waals surface area contributed by atoms with Gasteiger partial charge in [0.05, 0.1) is 32.2 Å². The minimum atomic E-state index is -0.211. The molecule has 0 saturated carbocycles. The molecule has 1 atom stereocenters. The Balaban J connectivity index is 1.37. The molecule has 1 aliphatic heterocycles. The summed E-state index contributed by atoms with van der Waals surface area (Å²) in [6, 6.07) is 11.8. The third-order valence-corrected chi connectivity index (χ3v) is 5.17.